The molecule has 0 aliphatic heterocycles. The highest BCUT2D eigenvalue weighted by Gasteiger charge is 2.32. The molecule has 0 unspecified atom stereocenters. The van der Waals surface area contributed by atoms with Gasteiger partial charge in [-0.3, -0.25) is 0 Å². The van der Waals surface area contributed by atoms with Gasteiger partial charge in [-0.1, -0.05) is 18.9 Å². The second-order valence-electron chi connectivity index (χ2n) is 4.61. The van der Waals surface area contributed by atoms with Gasteiger partial charge >= 0.3 is 6.18 Å². The third-order valence-corrected chi connectivity index (χ3v) is 3.10. The summed E-state index contributed by atoms with van der Waals surface area (Å²) in [7, 11) is 0. The molecule has 1 aromatic heterocycles. The smallest absolute Gasteiger partial charge is 0.376 e. The van der Waals surface area contributed by atoms with Crippen LogP contribution in [0.4, 0.5) is 19.0 Å². The molecule has 1 fully saturated rings. The van der Waals surface area contributed by atoms with E-state index in [1.165, 1.54) is 25.0 Å². The Morgan fingerprint density at radius 2 is 2.00 bits per heavy atom. The van der Waals surface area contributed by atoms with Crippen LogP contribution < -0.4 is 5.32 Å². The predicted molar refractivity (Wildman–Crippen MR) is 65.9 cm³/mol. The molecule has 3 nitrogen and oxygen atoms in total. The second kappa shape index (κ2) is 6.23. The van der Waals surface area contributed by atoms with Gasteiger partial charge in [0.2, 0.25) is 0 Å². The minimum atomic E-state index is -4.40. The first-order chi connectivity index (χ1) is 9.05. The van der Waals surface area contributed by atoms with E-state index in [1.807, 2.05) is 0 Å². The molecule has 1 aliphatic rings. The monoisotopic (exact) mass is 274 g/mol. The minimum absolute atomic E-state index is 0.227. The summed E-state index contributed by atoms with van der Waals surface area (Å²) in [6.07, 6.45) is 0.485. The van der Waals surface area contributed by atoms with Crippen molar-refractivity contribution in [3.8, 4) is 0 Å². The first-order valence-electron chi connectivity index (χ1n) is 6.45. The Balaban J connectivity index is 1.76. The molecule has 0 bridgehead atoms. The van der Waals surface area contributed by atoms with Crippen LogP contribution in [0.5, 0.6) is 0 Å². The summed E-state index contributed by atoms with van der Waals surface area (Å²) in [5.41, 5.74) is -0.880. The predicted octanol–water partition coefficient (Wildman–Crippen LogP) is 3.47. The fraction of sp³-hybridized carbons (Fsp3) is 0.615. The zero-order valence-electron chi connectivity index (χ0n) is 10.5. The zero-order chi connectivity index (χ0) is 13.7. The van der Waals surface area contributed by atoms with Gasteiger partial charge in [-0.15, -0.1) is 0 Å². The van der Waals surface area contributed by atoms with Crippen LogP contribution in [0.1, 0.15) is 31.4 Å². The largest absolute Gasteiger partial charge is 0.433 e. The van der Waals surface area contributed by atoms with E-state index in [0.717, 1.165) is 18.9 Å². The molecule has 1 heterocycles. The number of halogens is 3. The van der Waals surface area contributed by atoms with Crippen molar-refractivity contribution < 1.29 is 17.9 Å². The zero-order valence-corrected chi connectivity index (χ0v) is 10.5. The lowest BCUT2D eigenvalue weighted by atomic mass is 10.3. The molecule has 1 saturated carbocycles. The molecule has 2 rings (SSSR count). The molecule has 0 spiro atoms. The van der Waals surface area contributed by atoms with Crippen LogP contribution in [0, 0.1) is 0 Å². The summed E-state index contributed by atoms with van der Waals surface area (Å²) >= 11 is 0. The Morgan fingerprint density at radius 1 is 1.26 bits per heavy atom. The maximum Gasteiger partial charge on any atom is 0.433 e. The van der Waals surface area contributed by atoms with Crippen molar-refractivity contribution in [1.29, 1.82) is 0 Å². The van der Waals surface area contributed by atoms with Crippen molar-refractivity contribution in [2.75, 3.05) is 18.5 Å². The van der Waals surface area contributed by atoms with Gasteiger partial charge in [0.1, 0.15) is 11.5 Å². The maximum atomic E-state index is 12.4. The molecular weight excluding hydrogens is 257 g/mol. The Bertz CT molecular complexity index is 403. The Kier molecular flexibility index (Phi) is 4.63. The fourth-order valence-corrected chi connectivity index (χ4v) is 2.15. The van der Waals surface area contributed by atoms with Gasteiger partial charge in [-0.2, -0.15) is 13.2 Å². The standard InChI is InChI=1S/C13H17F3N2O/c14-13(15,16)11-6-3-7-12(18-11)17-8-9-19-10-4-1-2-5-10/h3,6-7,10H,1-2,4-5,8-9H2,(H,17,18). The second-order valence-corrected chi connectivity index (χ2v) is 4.61. The molecule has 106 valence electrons. The highest BCUT2D eigenvalue weighted by atomic mass is 19.4. The molecule has 6 heteroatoms. The van der Waals surface area contributed by atoms with Crippen LogP contribution in [0.25, 0.3) is 0 Å². The summed E-state index contributed by atoms with van der Waals surface area (Å²) in [5, 5.41) is 2.84. The van der Waals surface area contributed by atoms with Gasteiger partial charge in [0.25, 0.3) is 0 Å². The van der Waals surface area contributed by atoms with E-state index in [9.17, 15) is 13.2 Å². The molecule has 1 aromatic rings. The Hall–Kier alpha value is -1.30. The minimum Gasteiger partial charge on any atom is -0.376 e. The van der Waals surface area contributed by atoms with Gasteiger partial charge in [-0.25, -0.2) is 4.98 Å². The van der Waals surface area contributed by atoms with E-state index in [0.29, 0.717) is 19.3 Å². The highest BCUT2D eigenvalue weighted by molar-refractivity contribution is 5.35. The van der Waals surface area contributed by atoms with Gasteiger partial charge in [0.15, 0.2) is 0 Å². The third-order valence-electron chi connectivity index (χ3n) is 3.10. The van der Waals surface area contributed by atoms with Crippen molar-refractivity contribution in [2.45, 2.75) is 38.0 Å². The Labute approximate surface area is 110 Å². The normalized spacial score (nSPS) is 16.8. The van der Waals surface area contributed by atoms with E-state index in [1.54, 1.807) is 0 Å². The molecule has 1 N–H and O–H groups in total. The van der Waals surface area contributed by atoms with E-state index >= 15 is 0 Å². The number of anilines is 1. The molecule has 0 aromatic carbocycles. The fourth-order valence-electron chi connectivity index (χ4n) is 2.15. The van der Waals surface area contributed by atoms with Crippen LogP contribution in [-0.4, -0.2) is 24.2 Å². The van der Waals surface area contributed by atoms with Crippen molar-refractivity contribution in [1.82, 2.24) is 4.98 Å². The van der Waals surface area contributed by atoms with E-state index in [-0.39, 0.29) is 5.82 Å². The number of alkyl halides is 3. The molecule has 0 amide bonds. The van der Waals surface area contributed by atoms with Crippen molar-refractivity contribution >= 4 is 5.82 Å². The SMILES string of the molecule is FC(F)(F)c1cccc(NCCOC2CCCC2)n1. The molecule has 0 atom stereocenters. The van der Waals surface area contributed by atoms with Crippen LogP contribution in [0.15, 0.2) is 18.2 Å². The molecule has 0 saturated heterocycles. The summed E-state index contributed by atoms with van der Waals surface area (Å²) in [6, 6.07) is 3.82. The topological polar surface area (TPSA) is 34.1 Å². The quantitative estimate of drug-likeness (QED) is 0.835. The number of nitrogens with zero attached hydrogens (tertiary/aromatic N) is 1. The molecule has 19 heavy (non-hydrogen) atoms. The van der Waals surface area contributed by atoms with Crippen LogP contribution >= 0.6 is 0 Å². The average molecular weight is 274 g/mol. The van der Waals surface area contributed by atoms with E-state index in [4.69, 9.17) is 4.74 Å². The lowest BCUT2D eigenvalue weighted by Gasteiger charge is -2.12. The Morgan fingerprint density at radius 3 is 2.68 bits per heavy atom. The van der Waals surface area contributed by atoms with Crippen molar-refractivity contribution in [3.63, 3.8) is 0 Å². The van der Waals surface area contributed by atoms with Gasteiger partial charge in [-0.05, 0) is 25.0 Å². The van der Waals surface area contributed by atoms with E-state index < -0.39 is 11.9 Å². The van der Waals surface area contributed by atoms with Gasteiger partial charge in [0.05, 0.1) is 12.7 Å². The number of aromatic nitrogens is 1. The summed E-state index contributed by atoms with van der Waals surface area (Å²) in [4.78, 5) is 3.52. The average Bonchev–Trinajstić information content (AvgIpc) is 2.87. The lowest BCUT2D eigenvalue weighted by Crippen LogP contribution is -2.16. The van der Waals surface area contributed by atoms with Gasteiger partial charge in [0, 0.05) is 6.54 Å². The number of nitrogens with one attached hydrogen (secondary N) is 1. The number of ether oxygens (including phenoxy) is 1. The van der Waals surface area contributed by atoms with Crippen LogP contribution in [-0.2, 0) is 10.9 Å². The van der Waals surface area contributed by atoms with Gasteiger partial charge < -0.3 is 10.1 Å². The summed E-state index contributed by atoms with van der Waals surface area (Å²) < 4.78 is 42.9. The lowest BCUT2D eigenvalue weighted by molar-refractivity contribution is -0.141. The first kappa shape index (κ1) is 14.1. The summed E-state index contributed by atoms with van der Waals surface area (Å²) in [6.45, 7) is 0.952. The van der Waals surface area contributed by atoms with Crippen LogP contribution in [0.2, 0.25) is 0 Å². The van der Waals surface area contributed by atoms with Crippen LogP contribution in [0.3, 0.4) is 0 Å². The molecular formula is C13H17F3N2O. The van der Waals surface area contributed by atoms with E-state index in [2.05, 4.69) is 10.3 Å². The molecule has 1 aliphatic carbocycles. The van der Waals surface area contributed by atoms with Crippen molar-refractivity contribution in [2.24, 2.45) is 0 Å². The molecule has 0 radical (unpaired) electrons. The number of hydrogen-bond donors (Lipinski definition) is 1. The number of hydrogen-bond acceptors (Lipinski definition) is 3. The first-order valence-corrected chi connectivity index (χ1v) is 6.45. The number of pyridine rings is 1. The highest BCUT2D eigenvalue weighted by Crippen LogP contribution is 2.28. The van der Waals surface area contributed by atoms with Crippen molar-refractivity contribution in [3.05, 3.63) is 23.9 Å². The maximum absolute atomic E-state index is 12.4. The number of rotatable bonds is 5. The summed E-state index contributed by atoms with van der Waals surface area (Å²) in [5.74, 6) is 0.227. The third kappa shape index (κ3) is 4.38.